The molecule has 3 rings (SSSR count). The average Bonchev–Trinajstić information content (AvgIpc) is 2.59. The van der Waals surface area contributed by atoms with E-state index in [1.807, 2.05) is 30.1 Å². The predicted molar refractivity (Wildman–Crippen MR) is 102 cm³/mol. The molecule has 2 amide bonds. The Morgan fingerprint density at radius 2 is 2.07 bits per heavy atom. The van der Waals surface area contributed by atoms with Crippen molar-refractivity contribution in [3.8, 4) is 0 Å². The molecule has 0 radical (unpaired) electrons. The highest BCUT2D eigenvalue weighted by molar-refractivity contribution is 5.82. The first kappa shape index (κ1) is 19.8. The third-order valence-electron chi connectivity index (χ3n) is 5.30. The van der Waals surface area contributed by atoms with Gasteiger partial charge in [0.1, 0.15) is 11.6 Å². The summed E-state index contributed by atoms with van der Waals surface area (Å²) < 4.78 is 6.09. The molecule has 2 fully saturated rings. The monoisotopic (exact) mass is 374 g/mol. The lowest BCUT2D eigenvalue weighted by molar-refractivity contribution is -0.203. The van der Waals surface area contributed by atoms with Crippen molar-refractivity contribution in [1.29, 1.82) is 0 Å². The summed E-state index contributed by atoms with van der Waals surface area (Å²) >= 11 is 0. The van der Waals surface area contributed by atoms with Gasteiger partial charge in [-0.2, -0.15) is 0 Å². The molecule has 7 nitrogen and oxygen atoms in total. The Bertz CT molecular complexity index is 673. The summed E-state index contributed by atoms with van der Waals surface area (Å²) in [5.41, 5.74) is 0.542. The van der Waals surface area contributed by atoms with Crippen molar-refractivity contribution < 1.29 is 14.3 Å². The van der Waals surface area contributed by atoms with E-state index >= 15 is 0 Å². The third kappa shape index (κ3) is 4.47. The zero-order valence-corrected chi connectivity index (χ0v) is 16.7. The van der Waals surface area contributed by atoms with E-state index in [0.717, 1.165) is 5.69 Å². The van der Waals surface area contributed by atoms with E-state index in [9.17, 15) is 9.59 Å². The maximum Gasteiger partial charge on any atom is 0.242 e. The van der Waals surface area contributed by atoms with E-state index in [1.54, 1.807) is 18.1 Å². The van der Waals surface area contributed by atoms with Gasteiger partial charge < -0.3 is 14.5 Å². The van der Waals surface area contributed by atoms with Crippen molar-refractivity contribution in [1.82, 2.24) is 19.7 Å². The minimum absolute atomic E-state index is 0.0325. The molecule has 3 heterocycles. The molecule has 1 aromatic heterocycles. The number of amides is 2. The topological polar surface area (TPSA) is 66.0 Å². The number of likely N-dealkylation sites (tertiary alicyclic amines) is 1. The molecule has 0 aliphatic carbocycles. The summed E-state index contributed by atoms with van der Waals surface area (Å²) in [4.78, 5) is 34.9. The quantitative estimate of drug-likeness (QED) is 0.769. The normalized spacial score (nSPS) is 22.0. The molecular weight excluding hydrogens is 344 g/mol. The third-order valence-corrected chi connectivity index (χ3v) is 5.30. The molecule has 2 aliphatic rings. The largest absolute Gasteiger partial charge is 0.368 e. The van der Waals surface area contributed by atoms with Crippen molar-refractivity contribution >= 4 is 11.8 Å². The Labute approximate surface area is 161 Å². The number of hydrogen-bond donors (Lipinski definition) is 0. The molecule has 2 aliphatic heterocycles. The zero-order valence-electron chi connectivity index (χ0n) is 16.7. The van der Waals surface area contributed by atoms with Crippen molar-refractivity contribution in [3.05, 3.63) is 30.1 Å². The second-order valence-corrected chi connectivity index (χ2v) is 8.29. The molecule has 0 saturated carbocycles. The second kappa shape index (κ2) is 7.94. The van der Waals surface area contributed by atoms with Gasteiger partial charge in [0.25, 0.3) is 0 Å². The maximum absolute atomic E-state index is 12.8. The summed E-state index contributed by atoms with van der Waals surface area (Å²) in [5.74, 6) is 0.584. The number of pyridine rings is 1. The predicted octanol–water partition coefficient (Wildman–Crippen LogP) is 0.998. The van der Waals surface area contributed by atoms with Crippen molar-refractivity contribution in [2.24, 2.45) is 5.92 Å². The number of aromatic nitrogens is 1. The fourth-order valence-corrected chi connectivity index (χ4v) is 3.82. The Hall–Kier alpha value is -1.99. The number of likely N-dealkylation sites (N-methyl/N-ethyl adjacent to an activating group) is 2. The van der Waals surface area contributed by atoms with Crippen LogP contribution in [0.5, 0.6) is 0 Å². The Kier molecular flexibility index (Phi) is 5.81. The van der Waals surface area contributed by atoms with Crippen LogP contribution in [-0.2, 0) is 20.9 Å². The van der Waals surface area contributed by atoms with E-state index in [0.29, 0.717) is 45.1 Å². The highest BCUT2D eigenvalue weighted by Gasteiger charge is 2.51. The fraction of sp³-hybridized carbons (Fsp3) is 0.650. The Morgan fingerprint density at radius 3 is 2.67 bits per heavy atom. The van der Waals surface area contributed by atoms with Crippen LogP contribution in [0.3, 0.4) is 0 Å². The van der Waals surface area contributed by atoms with E-state index in [4.69, 9.17) is 4.74 Å². The number of rotatable bonds is 5. The smallest absolute Gasteiger partial charge is 0.242 e. The number of carbonyl (C=O) groups is 2. The molecule has 0 aromatic carbocycles. The summed E-state index contributed by atoms with van der Waals surface area (Å²) in [6.07, 6.45) is 2.31. The molecule has 1 unspecified atom stereocenters. The summed E-state index contributed by atoms with van der Waals surface area (Å²) in [5, 5.41) is 0. The van der Waals surface area contributed by atoms with Crippen LogP contribution < -0.4 is 0 Å². The standard InChI is InChI=1S/C20H30N4O3/c1-15(2)9-18(25)24-13-20(14-24)12-23(4)17(11-27-20)19(26)22(3)10-16-7-5-6-8-21-16/h5-8,15,17H,9-14H2,1-4H3. The molecule has 27 heavy (non-hydrogen) atoms. The van der Waals surface area contributed by atoms with Gasteiger partial charge in [-0.3, -0.25) is 19.5 Å². The van der Waals surface area contributed by atoms with Crippen LogP contribution in [0.2, 0.25) is 0 Å². The lowest BCUT2D eigenvalue weighted by Gasteiger charge is -2.55. The first-order chi connectivity index (χ1) is 12.8. The van der Waals surface area contributed by atoms with Gasteiger partial charge in [0, 0.05) is 26.2 Å². The number of carbonyl (C=O) groups excluding carboxylic acids is 2. The van der Waals surface area contributed by atoms with E-state index < -0.39 is 0 Å². The van der Waals surface area contributed by atoms with Gasteiger partial charge in [-0.1, -0.05) is 19.9 Å². The van der Waals surface area contributed by atoms with Crippen LogP contribution in [-0.4, -0.2) is 83.5 Å². The number of morpholine rings is 1. The highest BCUT2D eigenvalue weighted by atomic mass is 16.5. The van der Waals surface area contributed by atoms with Gasteiger partial charge in [-0.05, 0) is 25.1 Å². The number of nitrogens with zero attached hydrogens (tertiary/aromatic N) is 4. The van der Waals surface area contributed by atoms with Gasteiger partial charge in [0.05, 0.1) is 31.9 Å². The van der Waals surface area contributed by atoms with Gasteiger partial charge in [-0.15, -0.1) is 0 Å². The van der Waals surface area contributed by atoms with Crippen LogP contribution in [0.1, 0.15) is 26.0 Å². The van der Waals surface area contributed by atoms with E-state index in [1.165, 1.54) is 0 Å². The molecule has 1 atom stereocenters. The molecule has 0 bridgehead atoms. The van der Waals surface area contributed by atoms with Crippen LogP contribution in [0.25, 0.3) is 0 Å². The molecule has 1 spiro atoms. The van der Waals surface area contributed by atoms with Gasteiger partial charge in [-0.25, -0.2) is 0 Å². The highest BCUT2D eigenvalue weighted by Crippen LogP contribution is 2.31. The van der Waals surface area contributed by atoms with E-state index in [-0.39, 0.29) is 23.5 Å². The summed E-state index contributed by atoms with van der Waals surface area (Å²) in [6.45, 7) is 6.83. The summed E-state index contributed by atoms with van der Waals surface area (Å²) in [6, 6.07) is 5.39. The maximum atomic E-state index is 12.8. The Balaban J connectivity index is 1.52. The number of hydrogen-bond acceptors (Lipinski definition) is 5. The molecular formula is C20H30N4O3. The summed E-state index contributed by atoms with van der Waals surface area (Å²) in [7, 11) is 3.75. The van der Waals surface area contributed by atoms with Gasteiger partial charge >= 0.3 is 0 Å². The van der Waals surface area contributed by atoms with Crippen molar-refractivity contribution in [2.45, 2.75) is 38.5 Å². The van der Waals surface area contributed by atoms with Crippen LogP contribution >= 0.6 is 0 Å². The first-order valence-corrected chi connectivity index (χ1v) is 9.56. The zero-order chi connectivity index (χ0) is 19.6. The Morgan fingerprint density at radius 1 is 1.33 bits per heavy atom. The van der Waals surface area contributed by atoms with Crippen LogP contribution in [0, 0.1) is 5.92 Å². The molecule has 0 N–H and O–H groups in total. The lowest BCUT2D eigenvalue weighted by atomic mass is 9.89. The average molecular weight is 374 g/mol. The molecule has 7 heteroatoms. The minimum atomic E-state index is -0.322. The lowest BCUT2D eigenvalue weighted by Crippen LogP contribution is -2.73. The SMILES string of the molecule is CC(C)CC(=O)N1CC2(C1)CN(C)C(C(=O)N(C)Cc1ccccn1)CO2. The van der Waals surface area contributed by atoms with Crippen molar-refractivity contribution in [2.75, 3.05) is 40.3 Å². The van der Waals surface area contributed by atoms with Crippen LogP contribution in [0.15, 0.2) is 24.4 Å². The van der Waals surface area contributed by atoms with Gasteiger partial charge in [0.2, 0.25) is 11.8 Å². The van der Waals surface area contributed by atoms with E-state index in [2.05, 4.69) is 23.7 Å². The molecule has 1 aromatic rings. The molecule has 148 valence electrons. The first-order valence-electron chi connectivity index (χ1n) is 9.56. The van der Waals surface area contributed by atoms with Crippen molar-refractivity contribution in [3.63, 3.8) is 0 Å². The minimum Gasteiger partial charge on any atom is -0.368 e. The second-order valence-electron chi connectivity index (χ2n) is 8.29. The van der Waals surface area contributed by atoms with Gasteiger partial charge in [0.15, 0.2) is 0 Å². The fourth-order valence-electron chi connectivity index (χ4n) is 3.82. The number of ether oxygens (including phenoxy) is 1. The molecule has 2 saturated heterocycles. The van der Waals surface area contributed by atoms with Crippen LogP contribution in [0.4, 0.5) is 0 Å².